The van der Waals surface area contributed by atoms with Crippen LogP contribution in [-0.4, -0.2) is 24.1 Å². The van der Waals surface area contributed by atoms with E-state index in [0.717, 1.165) is 30.4 Å². The van der Waals surface area contributed by atoms with Crippen LogP contribution in [0, 0.1) is 0 Å². The van der Waals surface area contributed by atoms with Gasteiger partial charge < -0.3 is 14.8 Å². The second-order valence-electron chi connectivity index (χ2n) is 7.76. The molecule has 0 aliphatic heterocycles. The molecular formula is C24H29NO4. The van der Waals surface area contributed by atoms with Gasteiger partial charge >= 0.3 is 5.97 Å². The predicted octanol–water partition coefficient (Wildman–Crippen LogP) is 4.35. The van der Waals surface area contributed by atoms with E-state index in [2.05, 4.69) is 17.4 Å². The van der Waals surface area contributed by atoms with Crippen molar-refractivity contribution in [3.8, 4) is 0 Å². The Morgan fingerprint density at radius 2 is 1.79 bits per heavy atom. The Bertz CT molecular complexity index is 844. The fraction of sp³-hybridized carbons (Fsp3) is 0.417. The van der Waals surface area contributed by atoms with E-state index in [1.807, 2.05) is 38.1 Å². The van der Waals surface area contributed by atoms with Crippen molar-refractivity contribution in [2.75, 3.05) is 0 Å². The van der Waals surface area contributed by atoms with Crippen molar-refractivity contribution in [2.24, 2.45) is 0 Å². The van der Waals surface area contributed by atoms with Gasteiger partial charge in [0.15, 0.2) is 6.10 Å². The molecule has 0 radical (unpaired) electrons. The number of amides is 1. The van der Waals surface area contributed by atoms with E-state index in [4.69, 9.17) is 9.47 Å². The first-order valence-corrected chi connectivity index (χ1v) is 10.2. The molecule has 0 bridgehead atoms. The molecule has 0 unspecified atom stereocenters. The van der Waals surface area contributed by atoms with Gasteiger partial charge in [-0.05, 0) is 68.9 Å². The monoisotopic (exact) mass is 395 g/mol. The molecule has 0 saturated heterocycles. The molecule has 2 atom stereocenters. The fourth-order valence-electron chi connectivity index (χ4n) is 3.48. The number of rotatable bonds is 7. The fourth-order valence-corrected chi connectivity index (χ4v) is 3.48. The summed E-state index contributed by atoms with van der Waals surface area (Å²) in [5.41, 5.74) is 3.83. The zero-order valence-electron chi connectivity index (χ0n) is 17.3. The lowest BCUT2D eigenvalue weighted by Crippen LogP contribution is -2.39. The maximum atomic E-state index is 12.6. The molecule has 2 aromatic carbocycles. The molecule has 154 valence electrons. The molecule has 1 aliphatic carbocycles. The van der Waals surface area contributed by atoms with Crippen LogP contribution in [0.5, 0.6) is 0 Å². The summed E-state index contributed by atoms with van der Waals surface area (Å²) < 4.78 is 10.9. The molecule has 0 fully saturated rings. The lowest BCUT2D eigenvalue weighted by Gasteiger charge is -2.27. The molecule has 1 aliphatic rings. The summed E-state index contributed by atoms with van der Waals surface area (Å²) in [5, 5.41) is 3.04. The molecule has 1 amide bonds. The Labute approximate surface area is 172 Å². The third-order valence-electron chi connectivity index (χ3n) is 5.11. The highest BCUT2D eigenvalue weighted by Crippen LogP contribution is 2.29. The van der Waals surface area contributed by atoms with Crippen LogP contribution in [0.2, 0.25) is 0 Å². The van der Waals surface area contributed by atoms with Gasteiger partial charge in [-0.15, -0.1) is 0 Å². The normalized spacial score (nSPS) is 16.8. The number of aryl methyl sites for hydroxylation is 1. The van der Waals surface area contributed by atoms with Crippen molar-refractivity contribution in [3.05, 3.63) is 70.8 Å². The molecule has 1 N–H and O–H groups in total. The third kappa shape index (κ3) is 5.67. The van der Waals surface area contributed by atoms with Crippen LogP contribution in [0.25, 0.3) is 0 Å². The van der Waals surface area contributed by atoms with E-state index in [-0.39, 0.29) is 18.1 Å². The summed E-state index contributed by atoms with van der Waals surface area (Å²) in [4.78, 5) is 25.0. The first kappa shape index (κ1) is 21.1. The number of esters is 1. The van der Waals surface area contributed by atoms with Gasteiger partial charge in [-0.2, -0.15) is 0 Å². The highest BCUT2D eigenvalue weighted by molar-refractivity contribution is 5.92. The number of fused-ring (bicyclic) bond motifs is 1. The van der Waals surface area contributed by atoms with Crippen LogP contribution in [0.4, 0.5) is 0 Å². The second kappa shape index (κ2) is 9.70. The molecule has 0 aromatic heterocycles. The Morgan fingerprint density at radius 3 is 2.52 bits per heavy atom. The molecule has 3 rings (SSSR count). The van der Waals surface area contributed by atoms with Crippen molar-refractivity contribution in [2.45, 2.75) is 64.9 Å². The number of hydrogen-bond acceptors (Lipinski definition) is 4. The molecule has 5 heteroatoms. The number of nitrogens with one attached hydrogen (secondary N) is 1. The number of hydrogen-bond donors (Lipinski definition) is 1. The summed E-state index contributed by atoms with van der Waals surface area (Å²) in [6.07, 6.45) is 2.24. The van der Waals surface area contributed by atoms with Crippen LogP contribution in [0.15, 0.2) is 48.5 Å². The standard InChI is InChI=1S/C24H29NO4/c1-16(2)28-15-18-11-13-20(14-12-18)24(27)29-17(3)23(26)25-22-10-6-8-19-7-4-5-9-21(19)22/h4-5,7,9,11-14,16-17,22H,6,8,10,15H2,1-3H3,(H,25,26)/t17-,22-/m1/s1. The first-order chi connectivity index (χ1) is 13.9. The molecule has 0 saturated carbocycles. The molecule has 0 spiro atoms. The lowest BCUT2D eigenvalue weighted by atomic mass is 9.87. The summed E-state index contributed by atoms with van der Waals surface area (Å²) in [7, 11) is 0. The molecule has 29 heavy (non-hydrogen) atoms. The minimum Gasteiger partial charge on any atom is -0.449 e. The minimum atomic E-state index is -0.861. The van der Waals surface area contributed by atoms with E-state index in [1.165, 1.54) is 5.56 Å². The zero-order chi connectivity index (χ0) is 20.8. The van der Waals surface area contributed by atoms with E-state index in [1.54, 1.807) is 19.1 Å². The predicted molar refractivity (Wildman–Crippen MR) is 112 cm³/mol. The van der Waals surface area contributed by atoms with Gasteiger partial charge in [0, 0.05) is 0 Å². The molecule has 0 heterocycles. The van der Waals surface area contributed by atoms with Crippen molar-refractivity contribution < 1.29 is 19.1 Å². The maximum absolute atomic E-state index is 12.6. The summed E-state index contributed by atoms with van der Waals surface area (Å²) in [6.45, 7) is 6.05. The van der Waals surface area contributed by atoms with Crippen molar-refractivity contribution >= 4 is 11.9 Å². The van der Waals surface area contributed by atoms with E-state index in [9.17, 15) is 9.59 Å². The average Bonchev–Trinajstić information content (AvgIpc) is 2.72. The quantitative estimate of drug-likeness (QED) is 0.708. The van der Waals surface area contributed by atoms with Gasteiger partial charge in [-0.25, -0.2) is 4.79 Å². The number of benzene rings is 2. The van der Waals surface area contributed by atoms with Gasteiger partial charge in [0.2, 0.25) is 0 Å². The average molecular weight is 395 g/mol. The zero-order valence-corrected chi connectivity index (χ0v) is 17.3. The Balaban J connectivity index is 1.55. The highest BCUT2D eigenvalue weighted by Gasteiger charge is 2.25. The first-order valence-electron chi connectivity index (χ1n) is 10.2. The van der Waals surface area contributed by atoms with Crippen molar-refractivity contribution in [3.63, 3.8) is 0 Å². The number of ether oxygens (including phenoxy) is 2. The summed E-state index contributed by atoms with van der Waals surface area (Å²) in [6, 6.07) is 15.2. The van der Waals surface area contributed by atoms with Crippen LogP contribution < -0.4 is 5.32 Å². The minimum absolute atomic E-state index is 0.0335. The van der Waals surface area contributed by atoms with Crippen LogP contribution >= 0.6 is 0 Å². The van der Waals surface area contributed by atoms with Gasteiger partial charge in [0.05, 0.1) is 24.3 Å². The summed E-state index contributed by atoms with van der Waals surface area (Å²) in [5.74, 6) is -0.782. The highest BCUT2D eigenvalue weighted by atomic mass is 16.5. The molecular weight excluding hydrogens is 366 g/mol. The SMILES string of the molecule is CC(C)OCc1ccc(C(=O)O[C@H](C)C(=O)N[C@@H]2CCCc3ccccc32)cc1. The summed E-state index contributed by atoms with van der Waals surface area (Å²) >= 11 is 0. The van der Waals surface area contributed by atoms with Gasteiger partial charge in [0.25, 0.3) is 5.91 Å². The maximum Gasteiger partial charge on any atom is 0.338 e. The van der Waals surface area contributed by atoms with Crippen LogP contribution in [0.3, 0.4) is 0 Å². The molecule has 5 nitrogen and oxygen atoms in total. The topological polar surface area (TPSA) is 64.6 Å². The van der Waals surface area contributed by atoms with E-state index >= 15 is 0 Å². The van der Waals surface area contributed by atoms with E-state index < -0.39 is 12.1 Å². The number of carbonyl (C=O) groups excluding carboxylic acids is 2. The smallest absolute Gasteiger partial charge is 0.338 e. The Hall–Kier alpha value is -2.66. The van der Waals surface area contributed by atoms with E-state index in [0.29, 0.717) is 12.2 Å². The Kier molecular flexibility index (Phi) is 7.04. The van der Waals surface area contributed by atoms with Crippen LogP contribution in [-0.2, 0) is 27.3 Å². The van der Waals surface area contributed by atoms with Gasteiger partial charge in [-0.1, -0.05) is 36.4 Å². The Morgan fingerprint density at radius 1 is 1.07 bits per heavy atom. The van der Waals surface area contributed by atoms with Crippen LogP contribution in [0.1, 0.15) is 66.7 Å². The van der Waals surface area contributed by atoms with Crippen molar-refractivity contribution in [1.29, 1.82) is 0 Å². The third-order valence-corrected chi connectivity index (χ3v) is 5.11. The second-order valence-corrected chi connectivity index (χ2v) is 7.76. The van der Waals surface area contributed by atoms with Gasteiger partial charge in [-0.3, -0.25) is 4.79 Å². The van der Waals surface area contributed by atoms with Crippen molar-refractivity contribution in [1.82, 2.24) is 5.32 Å². The lowest BCUT2D eigenvalue weighted by molar-refractivity contribution is -0.130. The van der Waals surface area contributed by atoms with Gasteiger partial charge in [0.1, 0.15) is 0 Å². The number of carbonyl (C=O) groups is 2. The largest absolute Gasteiger partial charge is 0.449 e. The molecule has 2 aromatic rings.